The fourth-order valence-electron chi connectivity index (χ4n) is 1.85. The predicted octanol–water partition coefficient (Wildman–Crippen LogP) is 3.55. The van der Waals surface area contributed by atoms with E-state index in [2.05, 4.69) is 49.4 Å². The van der Waals surface area contributed by atoms with Crippen molar-refractivity contribution in [2.24, 2.45) is 0 Å². The van der Waals surface area contributed by atoms with Crippen LogP contribution in [0.3, 0.4) is 0 Å². The van der Waals surface area contributed by atoms with Gasteiger partial charge in [0.05, 0.1) is 0 Å². The fourth-order valence-corrected chi connectivity index (χ4v) is 2.88. The van der Waals surface area contributed by atoms with Crippen molar-refractivity contribution in [2.75, 3.05) is 0 Å². The molecular formula is C13H13Zr. The van der Waals surface area contributed by atoms with E-state index < -0.39 is 0 Å². The molecule has 0 heterocycles. The maximum atomic E-state index is 2.30. The molecule has 1 unspecified atom stereocenters. The van der Waals surface area contributed by atoms with Gasteiger partial charge in [0.1, 0.15) is 0 Å². The molecular weight excluding hydrogens is 247 g/mol. The minimum atomic E-state index is 0.559. The number of hydrogen-bond acceptors (Lipinski definition) is 0. The summed E-state index contributed by atoms with van der Waals surface area (Å²) in [5.74, 6) is 0.559. The molecule has 0 saturated carbocycles. The van der Waals surface area contributed by atoms with Crippen LogP contribution in [0, 0.1) is 0 Å². The molecule has 0 aliphatic heterocycles. The summed E-state index contributed by atoms with van der Waals surface area (Å²) >= 11 is 1.56. The predicted molar refractivity (Wildman–Crippen MR) is 55.6 cm³/mol. The van der Waals surface area contributed by atoms with Crippen LogP contribution in [-0.4, -0.2) is 0 Å². The molecule has 2 rings (SSSR count). The summed E-state index contributed by atoms with van der Waals surface area (Å²) in [6.45, 7) is 2.30. The average Bonchev–Trinajstić information content (AvgIpc) is 2.65. The van der Waals surface area contributed by atoms with Crippen molar-refractivity contribution in [3.8, 4) is 0 Å². The van der Waals surface area contributed by atoms with Crippen LogP contribution in [-0.2, 0) is 24.7 Å². The molecule has 1 aromatic carbocycles. The third-order valence-corrected chi connectivity index (χ3v) is 3.95. The third-order valence-electron chi connectivity index (χ3n) is 2.73. The van der Waals surface area contributed by atoms with E-state index >= 15 is 0 Å². The molecule has 1 aliphatic rings. The summed E-state index contributed by atoms with van der Waals surface area (Å²) < 4.78 is 1.61. The Morgan fingerprint density at radius 3 is 2.50 bits per heavy atom. The Morgan fingerprint density at radius 1 is 1.21 bits per heavy atom. The van der Waals surface area contributed by atoms with Crippen LogP contribution in [0.25, 0.3) is 0 Å². The summed E-state index contributed by atoms with van der Waals surface area (Å²) in [7, 11) is 0. The first-order valence-electron chi connectivity index (χ1n) is 4.95. The third kappa shape index (κ3) is 1.98. The second-order valence-electron chi connectivity index (χ2n) is 3.67. The van der Waals surface area contributed by atoms with Gasteiger partial charge in [-0.3, -0.25) is 0 Å². The summed E-state index contributed by atoms with van der Waals surface area (Å²) in [5, 5.41) is 0. The SMILES string of the molecule is CC(C1=[C]([Zr])CC=C1)c1ccccc1. The Morgan fingerprint density at radius 2 is 1.93 bits per heavy atom. The Bertz CT molecular complexity index is 373. The van der Waals surface area contributed by atoms with Crippen molar-refractivity contribution in [1.82, 2.24) is 0 Å². The van der Waals surface area contributed by atoms with Gasteiger partial charge in [0, 0.05) is 0 Å². The van der Waals surface area contributed by atoms with Crippen molar-refractivity contribution in [2.45, 2.75) is 19.3 Å². The van der Waals surface area contributed by atoms with Crippen molar-refractivity contribution in [3.05, 3.63) is 56.9 Å². The fraction of sp³-hybridized carbons (Fsp3) is 0.231. The topological polar surface area (TPSA) is 0 Å². The standard InChI is InChI=1S/C13H13.Zr/c1-11(13-9-5-6-10-13)12-7-3-2-4-8-12;/h2-5,7-9,11H,6H2,1H3;. The molecule has 1 atom stereocenters. The summed E-state index contributed by atoms with van der Waals surface area (Å²) in [5.41, 5.74) is 2.96. The molecule has 1 heteroatoms. The normalized spacial score (nSPS) is 17.4. The molecule has 0 saturated heterocycles. The molecule has 1 aromatic rings. The number of rotatable bonds is 2. The Labute approximate surface area is 101 Å². The molecule has 1 aliphatic carbocycles. The van der Waals surface area contributed by atoms with Gasteiger partial charge in [0.2, 0.25) is 0 Å². The molecule has 0 radical (unpaired) electrons. The Hall–Kier alpha value is -0.417. The van der Waals surface area contributed by atoms with E-state index in [1.165, 1.54) is 17.6 Å². The zero-order valence-electron chi connectivity index (χ0n) is 8.33. The molecule has 0 nitrogen and oxygen atoms in total. The van der Waals surface area contributed by atoms with Crippen molar-refractivity contribution >= 4 is 0 Å². The van der Waals surface area contributed by atoms with Gasteiger partial charge >= 0.3 is 101 Å². The van der Waals surface area contributed by atoms with E-state index in [0.29, 0.717) is 5.92 Å². The van der Waals surface area contributed by atoms with Crippen molar-refractivity contribution in [1.29, 1.82) is 0 Å². The number of benzene rings is 1. The molecule has 69 valence electrons. The van der Waals surface area contributed by atoms with Gasteiger partial charge in [0.25, 0.3) is 0 Å². The van der Waals surface area contributed by atoms with Crippen molar-refractivity contribution in [3.63, 3.8) is 0 Å². The van der Waals surface area contributed by atoms with Crippen LogP contribution < -0.4 is 0 Å². The molecule has 0 N–H and O–H groups in total. The first kappa shape index (κ1) is 10.1. The first-order valence-corrected chi connectivity index (χ1v) is 6.18. The summed E-state index contributed by atoms with van der Waals surface area (Å²) in [4.78, 5) is 0. The second kappa shape index (κ2) is 4.40. The van der Waals surface area contributed by atoms with Crippen LogP contribution in [0.5, 0.6) is 0 Å². The molecule has 14 heavy (non-hydrogen) atoms. The molecule has 0 fully saturated rings. The molecule has 0 amide bonds. The zero-order valence-corrected chi connectivity index (χ0v) is 10.8. The second-order valence-corrected chi connectivity index (χ2v) is 5.16. The monoisotopic (exact) mass is 259 g/mol. The van der Waals surface area contributed by atoms with Crippen molar-refractivity contribution < 1.29 is 24.7 Å². The van der Waals surface area contributed by atoms with E-state index in [9.17, 15) is 0 Å². The van der Waals surface area contributed by atoms with Crippen LogP contribution in [0.15, 0.2) is 51.3 Å². The van der Waals surface area contributed by atoms with Gasteiger partial charge in [0.15, 0.2) is 0 Å². The van der Waals surface area contributed by atoms with Crippen LogP contribution in [0.1, 0.15) is 24.8 Å². The van der Waals surface area contributed by atoms with Gasteiger partial charge in [-0.15, -0.1) is 0 Å². The summed E-state index contributed by atoms with van der Waals surface area (Å²) in [6.07, 6.45) is 5.74. The van der Waals surface area contributed by atoms with E-state index in [4.69, 9.17) is 0 Å². The van der Waals surface area contributed by atoms with Gasteiger partial charge in [-0.2, -0.15) is 0 Å². The minimum absolute atomic E-state index is 0.559. The first-order chi connectivity index (χ1) is 6.79. The number of hydrogen-bond donors (Lipinski definition) is 0. The van der Waals surface area contributed by atoms with Crippen LogP contribution >= 0.6 is 0 Å². The quantitative estimate of drug-likeness (QED) is 0.763. The Kier molecular flexibility index (Phi) is 3.18. The van der Waals surface area contributed by atoms with E-state index in [-0.39, 0.29) is 0 Å². The molecule has 0 bridgehead atoms. The van der Waals surface area contributed by atoms with Crippen LogP contribution in [0.4, 0.5) is 0 Å². The van der Waals surface area contributed by atoms with E-state index in [1.807, 2.05) is 0 Å². The van der Waals surface area contributed by atoms with Gasteiger partial charge in [-0.1, -0.05) is 0 Å². The van der Waals surface area contributed by atoms with Crippen LogP contribution in [0.2, 0.25) is 0 Å². The van der Waals surface area contributed by atoms with E-state index in [1.54, 1.807) is 28.0 Å². The number of allylic oxidation sites excluding steroid dienone is 4. The van der Waals surface area contributed by atoms with E-state index in [0.717, 1.165) is 0 Å². The average molecular weight is 260 g/mol. The van der Waals surface area contributed by atoms with Gasteiger partial charge < -0.3 is 0 Å². The molecule has 0 spiro atoms. The zero-order chi connectivity index (χ0) is 9.97. The molecule has 0 aromatic heterocycles. The maximum absolute atomic E-state index is 2.30. The Balaban J connectivity index is 2.29. The summed E-state index contributed by atoms with van der Waals surface area (Å²) in [6, 6.07) is 10.7. The van der Waals surface area contributed by atoms with Gasteiger partial charge in [-0.05, 0) is 0 Å². The van der Waals surface area contributed by atoms with Gasteiger partial charge in [-0.25, -0.2) is 0 Å².